The molecule has 30 heavy (non-hydrogen) atoms. The molecule has 2 aliphatic rings. The second kappa shape index (κ2) is 9.36. The Morgan fingerprint density at radius 2 is 1.87 bits per heavy atom. The Bertz CT molecular complexity index is 906. The van der Waals surface area contributed by atoms with E-state index in [9.17, 15) is 14.0 Å². The van der Waals surface area contributed by atoms with Crippen molar-refractivity contribution in [2.75, 3.05) is 39.5 Å². The Hall–Kier alpha value is -2.78. The standard InChI is InChI=1S/C21H25FN4O4/c22-16-3-1-15(2-4-16)13-19(27)23-6-7-26-18-5-10-30-14-17(18)20(24-26)21(28)25-8-11-29-12-9-25/h1-4H,5-14H2,(H,23,27). The van der Waals surface area contributed by atoms with Crippen molar-refractivity contribution < 1.29 is 23.5 Å². The molecule has 2 aliphatic heterocycles. The fourth-order valence-electron chi connectivity index (χ4n) is 3.73. The maximum Gasteiger partial charge on any atom is 0.274 e. The monoisotopic (exact) mass is 416 g/mol. The van der Waals surface area contributed by atoms with Gasteiger partial charge in [-0.3, -0.25) is 14.3 Å². The van der Waals surface area contributed by atoms with Crippen molar-refractivity contribution in [3.05, 3.63) is 52.6 Å². The van der Waals surface area contributed by atoms with Gasteiger partial charge < -0.3 is 19.7 Å². The zero-order valence-electron chi connectivity index (χ0n) is 16.7. The summed E-state index contributed by atoms with van der Waals surface area (Å²) in [4.78, 5) is 26.9. The number of hydrogen-bond donors (Lipinski definition) is 1. The van der Waals surface area contributed by atoms with Crippen LogP contribution in [-0.2, 0) is 40.3 Å². The summed E-state index contributed by atoms with van der Waals surface area (Å²) in [5.41, 5.74) is 3.02. The molecule has 8 nitrogen and oxygen atoms in total. The van der Waals surface area contributed by atoms with Gasteiger partial charge in [-0.1, -0.05) is 12.1 Å². The molecule has 2 aromatic rings. The molecule has 4 rings (SSSR count). The SMILES string of the molecule is O=C(Cc1ccc(F)cc1)NCCn1nc(C(=O)N2CCOCC2)c2c1CCOC2. The van der Waals surface area contributed by atoms with E-state index >= 15 is 0 Å². The summed E-state index contributed by atoms with van der Waals surface area (Å²) in [6, 6.07) is 5.88. The van der Waals surface area contributed by atoms with Crippen LogP contribution in [0.5, 0.6) is 0 Å². The van der Waals surface area contributed by atoms with Crippen LogP contribution in [0.4, 0.5) is 4.39 Å². The van der Waals surface area contributed by atoms with Gasteiger partial charge in [-0.05, 0) is 17.7 Å². The molecule has 3 heterocycles. The van der Waals surface area contributed by atoms with E-state index in [4.69, 9.17) is 9.47 Å². The zero-order valence-corrected chi connectivity index (χ0v) is 16.7. The number of halogens is 1. The Morgan fingerprint density at radius 1 is 1.10 bits per heavy atom. The molecule has 0 spiro atoms. The third-order valence-electron chi connectivity index (χ3n) is 5.32. The molecule has 1 aromatic carbocycles. The fourth-order valence-corrected chi connectivity index (χ4v) is 3.73. The van der Waals surface area contributed by atoms with Crippen LogP contribution in [0.2, 0.25) is 0 Å². The van der Waals surface area contributed by atoms with Gasteiger partial charge in [0.25, 0.3) is 5.91 Å². The van der Waals surface area contributed by atoms with E-state index in [1.807, 2.05) is 4.68 Å². The number of morpholine rings is 1. The third-order valence-corrected chi connectivity index (χ3v) is 5.32. The quantitative estimate of drug-likeness (QED) is 0.757. The Labute approximate surface area is 173 Å². The highest BCUT2D eigenvalue weighted by Crippen LogP contribution is 2.22. The van der Waals surface area contributed by atoms with Gasteiger partial charge in [-0.15, -0.1) is 0 Å². The van der Waals surface area contributed by atoms with Crippen molar-refractivity contribution in [2.24, 2.45) is 0 Å². The minimum atomic E-state index is -0.325. The smallest absolute Gasteiger partial charge is 0.274 e. The predicted octanol–water partition coefficient (Wildman–Crippen LogP) is 0.926. The predicted molar refractivity (Wildman–Crippen MR) is 105 cm³/mol. The summed E-state index contributed by atoms with van der Waals surface area (Å²) >= 11 is 0. The first kappa shape index (κ1) is 20.5. The maximum absolute atomic E-state index is 13.0. The van der Waals surface area contributed by atoms with Gasteiger partial charge in [-0.2, -0.15) is 5.10 Å². The highest BCUT2D eigenvalue weighted by molar-refractivity contribution is 5.94. The molecule has 0 unspecified atom stereocenters. The average Bonchev–Trinajstić information content (AvgIpc) is 3.14. The van der Waals surface area contributed by atoms with Gasteiger partial charge in [0.2, 0.25) is 5.91 Å². The van der Waals surface area contributed by atoms with Crippen LogP contribution in [0.1, 0.15) is 27.3 Å². The van der Waals surface area contributed by atoms with Gasteiger partial charge >= 0.3 is 0 Å². The minimum Gasteiger partial charge on any atom is -0.378 e. The molecule has 0 bridgehead atoms. The number of benzene rings is 1. The molecular weight excluding hydrogens is 391 g/mol. The number of nitrogens with zero attached hydrogens (tertiary/aromatic N) is 3. The van der Waals surface area contributed by atoms with Crippen LogP contribution in [0.3, 0.4) is 0 Å². The molecule has 1 aromatic heterocycles. The highest BCUT2D eigenvalue weighted by Gasteiger charge is 2.29. The lowest BCUT2D eigenvalue weighted by Gasteiger charge is -2.26. The average molecular weight is 416 g/mol. The molecule has 0 aliphatic carbocycles. The molecule has 1 saturated heterocycles. The highest BCUT2D eigenvalue weighted by atomic mass is 19.1. The number of rotatable bonds is 6. The number of aromatic nitrogens is 2. The lowest BCUT2D eigenvalue weighted by molar-refractivity contribution is -0.120. The number of hydrogen-bond acceptors (Lipinski definition) is 5. The van der Waals surface area contributed by atoms with Crippen LogP contribution in [-0.4, -0.2) is 65.9 Å². The summed E-state index contributed by atoms with van der Waals surface area (Å²) in [7, 11) is 0. The van der Waals surface area contributed by atoms with Gasteiger partial charge in [-0.25, -0.2) is 4.39 Å². The largest absolute Gasteiger partial charge is 0.378 e. The second-order valence-electron chi connectivity index (χ2n) is 7.36. The first-order valence-electron chi connectivity index (χ1n) is 10.2. The number of fused-ring (bicyclic) bond motifs is 1. The lowest BCUT2D eigenvalue weighted by Crippen LogP contribution is -2.41. The lowest BCUT2D eigenvalue weighted by atomic mass is 10.1. The molecule has 160 valence electrons. The van der Waals surface area contributed by atoms with Crippen molar-refractivity contribution in [3.63, 3.8) is 0 Å². The summed E-state index contributed by atoms with van der Waals surface area (Å²) < 4.78 is 25.7. The molecule has 1 N–H and O–H groups in total. The van der Waals surface area contributed by atoms with Crippen LogP contribution < -0.4 is 5.32 Å². The molecule has 9 heteroatoms. The first-order chi connectivity index (χ1) is 14.6. The second-order valence-corrected chi connectivity index (χ2v) is 7.36. The van der Waals surface area contributed by atoms with Crippen molar-refractivity contribution in [1.29, 1.82) is 0 Å². The van der Waals surface area contributed by atoms with E-state index in [-0.39, 0.29) is 24.1 Å². The van der Waals surface area contributed by atoms with E-state index < -0.39 is 0 Å². The van der Waals surface area contributed by atoms with E-state index in [1.165, 1.54) is 12.1 Å². The Morgan fingerprint density at radius 3 is 2.63 bits per heavy atom. The summed E-state index contributed by atoms with van der Waals surface area (Å²) in [5.74, 6) is -0.566. The van der Waals surface area contributed by atoms with Crippen LogP contribution in [0.25, 0.3) is 0 Å². The molecular formula is C21H25FN4O4. The molecule has 1 fully saturated rings. The van der Waals surface area contributed by atoms with E-state index in [0.717, 1.165) is 16.8 Å². The molecule has 0 atom stereocenters. The number of ether oxygens (including phenoxy) is 2. The molecule has 2 amide bonds. The first-order valence-corrected chi connectivity index (χ1v) is 10.2. The van der Waals surface area contributed by atoms with Gasteiger partial charge in [0, 0.05) is 37.3 Å². The summed E-state index contributed by atoms with van der Waals surface area (Å²) in [5, 5.41) is 7.44. The third kappa shape index (κ3) is 4.68. The topological polar surface area (TPSA) is 85.7 Å². The maximum atomic E-state index is 13.0. The number of carbonyl (C=O) groups excluding carboxylic acids is 2. The Kier molecular flexibility index (Phi) is 6.39. The van der Waals surface area contributed by atoms with Gasteiger partial charge in [0.05, 0.1) is 39.4 Å². The Balaban J connectivity index is 1.39. The molecule has 0 radical (unpaired) electrons. The van der Waals surface area contributed by atoms with Crippen molar-refractivity contribution in [3.8, 4) is 0 Å². The van der Waals surface area contributed by atoms with Gasteiger partial charge in [0.15, 0.2) is 5.69 Å². The van der Waals surface area contributed by atoms with Crippen LogP contribution in [0.15, 0.2) is 24.3 Å². The normalized spacial score (nSPS) is 16.2. The van der Waals surface area contributed by atoms with Gasteiger partial charge in [0.1, 0.15) is 5.82 Å². The van der Waals surface area contributed by atoms with Crippen molar-refractivity contribution in [2.45, 2.75) is 26.0 Å². The number of carbonyl (C=O) groups is 2. The summed E-state index contributed by atoms with van der Waals surface area (Å²) in [6.45, 7) is 3.99. The van der Waals surface area contributed by atoms with Crippen molar-refractivity contribution in [1.82, 2.24) is 20.0 Å². The van der Waals surface area contributed by atoms with E-state index in [0.29, 0.717) is 64.7 Å². The van der Waals surface area contributed by atoms with Crippen LogP contribution in [0, 0.1) is 5.82 Å². The zero-order chi connectivity index (χ0) is 20.9. The molecule has 0 saturated carbocycles. The minimum absolute atomic E-state index is 0.0980. The van der Waals surface area contributed by atoms with E-state index in [2.05, 4.69) is 10.4 Å². The number of nitrogens with one attached hydrogen (secondary N) is 1. The number of amides is 2. The van der Waals surface area contributed by atoms with Crippen molar-refractivity contribution >= 4 is 11.8 Å². The van der Waals surface area contributed by atoms with Crippen LogP contribution >= 0.6 is 0 Å². The summed E-state index contributed by atoms with van der Waals surface area (Å²) in [6.07, 6.45) is 0.869. The fraction of sp³-hybridized carbons (Fsp3) is 0.476. The van der Waals surface area contributed by atoms with E-state index in [1.54, 1.807) is 17.0 Å².